The van der Waals surface area contributed by atoms with Gasteiger partial charge in [-0.1, -0.05) is 0 Å². The molecule has 2 rings (SSSR count). The number of likely N-dealkylation sites (N-methyl/N-ethyl adjacent to an activating group) is 1. The molecular weight excluding hydrogens is 186 g/mol. The van der Waals surface area contributed by atoms with Gasteiger partial charge in [-0.05, 0) is 51.4 Å². The van der Waals surface area contributed by atoms with E-state index in [0.29, 0.717) is 6.04 Å². The molecule has 1 atom stereocenters. The maximum absolute atomic E-state index is 5.73. The van der Waals surface area contributed by atoms with Crippen LogP contribution in [0.3, 0.4) is 0 Å². The molecule has 3 heteroatoms. The molecule has 0 aromatic carbocycles. The minimum Gasteiger partial charge on any atom is -0.402 e. The van der Waals surface area contributed by atoms with Crippen molar-refractivity contribution in [3.8, 4) is 0 Å². The third-order valence-corrected chi connectivity index (χ3v) is 3.20. The molecule has 0 aromatic rings. The number of hydrogen-bond donors (Lipinski definition) is 2. The van der Waals surface area contributed by atoms with Gasteiger partial charge in [0.25, 0.3) is 0 Å². The van der Waals surface area contributed by atoms with Gasteiger partial charge in [0, 0.05) is 24.0 Å². The molecule has 15 heavy (non-hydrogen) atoms. The van der Waals surface area contributed by atoms with Gasteiger partial charge in [-0.25, -0.2) is 0 Å². The number of likely N-dealkylation sites (tertiary alicyclic amines) is 1. The molecule has 0 spiro atoms. The summed E-state index contributed by atoms with van der Waals surface area (Å²) < 4.78 is 0. The highest BCUT2D eigenvalue weighted by molar-refractivity contribution is 5.21. The van der Waals surface area contributed by atoms with Crippen molar-refractivity contribution in [2.75, 3.05) is 20.1 Å². The van der Waals surface area contributed by atoms with Crippen molar-refractivity contribution in [2.45, 2.75) is 31.7 Å². The van der Waals surface area contributed by atoms with Crippen LogP contribution in [0.25, 0.3) is 0 Å². The van der Waals surface area contributed by atoms with E-state index < -0.39 is 0 Å². The van der Waals surface area contributed by atoms with Crippen LogP contribution in [-0.2, 0) is 0 Å². The standard InChI is InChI=1S/C12H21N3/c1-15-8-2-3-12(9-15)14-11-6-4-10(13)5-7-11/h4,6,12,14H,2-3,5,7-9,13H2,1H3. The molecule has 2 aliphatic rings. The Balaban J connectivity index is 1.86. The normalized spacial score (nSPS) is 28.2. The molecule has 1 heterocycles. The fourth-order valence-electron chi connectivity index (χ4n) is 2.32. The molecule has 1 fully saturated rings. The fraction of sp³-hybridized carbons (Fsp3) is 0.667. The van der Waals surface area contributed by atoms with Crippen LogP contribution in [0, 0.1) is 0 Å². The second-order valence-electron chi connectivity index (χ2n) is 4.68. The maximum atomic E-state index is 5.73. The zero-order chi connectivity index (χ0) is 10.7. The third-order valence-electron chi connectivity index (χ3n) is 3.20. The lowest BCUT2D eigenvalue weighted by Crippen LogP contribution is -2.43. The van der Waals surface area contributed by atoms with Crippen molar-refractivity contribution in [1.82, 2.24) is 10.2 Å². The highest BCUT2D eigenvalue weighted by Gasteiger charge is 2.17. The summed E-state index contributed by atoms with van der Waals surface area (Å²) in [7, 11) is 2.20. The molecule has 1 aliphatic heterocycles. The zero-order valence-corrected chi connectivity index (χ0v) is 9.50. The van der Waals surface area contributed by atoms with Crippen LogP contribution >= 0.6 is 0 Å². The van der Waals surface area contributed by atoms with Gasteiger partial charge in [-0.2, -0.15) is 0 Å². The number of nitrogens with one attached hydrogen (secondary N) is 1. The van der Waals surface area contributed by atoms with Crippen molar-refractivity contribution in [3.63, 3.8) is 0 Å². The smallest absolute Gasteiger partial charge is 0.0385 e. The molecule has 0 radical (unpaired) electrons. The van der Waals surface area contributed by atoms with E-state index in [9.17, 15) is 0 Å². The van der Waals surface area contributed by atoms with E-state index in [1.54, 1.807) is 0 Å². The quantitative estimate of drug-likeness (QED) is 0.714. The van der Waals surface area contributed by atoms with E-state index in [-0.39, 0.29) is 0 Å². The number of nitrogens with zero attached hydrogens (tertiary/aromatic N) is 1. The summed E-state index contributed by atoms with van der Waals surface area (Å²) in [5.74, 6) is 0. The second kappa shape index (κ2) is 4.71. The molecule has 0 amide bonds. The Bertz CT molecular complexity index is 281. The highest BCUT2D eigenvalue weighted by Crippen LogP contribution is 2.16. The Morgan fingerprint density at radius 3 is 2.93 bits per heavy atom. The van der Waals surface area contributed by atoms with E-state index in [2.05, 4.69) is 23.3 Å². The van der Waals surface area contributed by atoms with Crippen molar-refractivity contribution in [3.05, 3.63) is 23.5 Å². The monoisotopic (exact) mass is 207 g/mol. The number of nitrogens with two attached hydrogens (primary N) is 1. The minimum absolute atomic E-state index is 0.628. The summed E-state index contributed by atoms with van der Waals surface area (Å²) >= 11 is 0. The first-order valence-electron chi connectivity index (χ1n) is 5.84. The van der Waals surface area contributed by atoms with Crippen LogP contribution in [0.5, 0.6) is 0 Å². The average molecular weight is 207 g/mol. The van der Waals surface area contributed by atoms with Crippen LogP contribution in [0.2, 0.25) is 0 Å². The summed E-state index contributed by atoms with van der Waals surface area (Å²) in [6.45, 7) is 2.40. The van der Waals surface area contributed by atoms with Crippen molar-refractivity contribution >= 4 is 0 Å². The first-order chi connectivity index (χ1) is 7.24. The molecule has 0 bridgehead atoms. The van der Waals surface area contributed by atoms with Crippen LogP contribution < -0.4 is 11.1 Å². The summed E-state index contributed by atoms with van der Waals surface area (Å²) in [4.78, 5) is 2.40. The van der Waals surface area contributed by atoms with E-state index in [4.69, 9.17) is 5.73 Å². The van der Waals surface area contributed by atoms with Crippen LogP contribution in [-0.4, -0.2) is 31.1 Å². The number of piperidine rings is 1. The molecule has 0 aromatic heterocycles. The molecule has 0 saturated carbocycles. The Morgan fingerprint density at radius 2 is 2.27 bits per heavy atom. The Hall–Kier alpha value is -0.960. The van der Waals surface area contributed by atoms with Gasteiger partial charge in [-0.3, -0.25) is 0 Å². The summed E-state index contributed by atoms with van der Waals surface area (Å²) in [6.07, 6.45) is 8.83. The maximum Gasteiger partial charge on any atom is 0.0385 e. The summed E-state index contributed by atoms with van der Waals surface area (Å²) in [5, 5.41) is 3.63. The van der Waals surface area contributed by atoms with Gasteiger partial charge in [0.15, 0.2) is 0 Å². The summed E-state index contributed by atoms with van der Waals surface area (Å²) in [5.41, 5.74) is 8.09. The van der Waals surface area contributed by atoms with Gasteiger partial charge in [-0.15, -0.1) is 0 Å². The highest BCUT2D eigenvalue weighted by atomic mass is 15.1. The lowest BCUT2D eigenvalue weighted by atomic mass is 10.0. The van der Waals surface area contributed by atoms with Crippen molar-refractivity contribution < 1.29 is 0 Å². The van der Waals surface area contributed by atoms with Gasteiger partial charge in [0.1, 0.15) is 0 Å². The van der Waals surface area contributed by atoms with Gasteiger partial charge < -0.3 is 16.0 Å². The van der Waals surface area contributed by atoms with Gasteiger partial charge in [0.05, 0.1) is 0 Å². The van der Waals surface area contributed by atoms with Gasteiger partial charge >= 0.3 is 0 Å². The Kier molecular flexibility index (Phi) is 3.31. The van der Waals surface area contributed by atoms with E-state index in [1.807, 2.05) is 6.08 Å². The average Bonchev–Trinajstić information content (AvgIpc) is 2.22. The molecule has 1 unspecified atom stereocenters. The largest absolute Gasteiger partial charge is 0.402 e. The predicted molar refractivity (Wildman–Crippen MR) is 63.2 cm³/mol. The van der Waals surface area contributed by atoms with E-state index >= 15 is 0 Å². The number of allylic oxidation sites excluding steroid dienone is 4. The Labute approximate surface area is 92.0 Å². The topological polar surface area (TPSA) is 41.3 Å². The van der Waals surface area contributed by atoms with E-state index in [1.165, 1.54) is 25.1 Å². The Morgan fingerprint density at radius 1 is 1.40 bits per heavy atom. The lowest BCUT2D eigenvalue weighted by molar-refractivity contribution is 0.234. The third kappa shape index (κ3) is 2.99. The molecule has 3 nitrogen and oxygen atoms in total. The number of rotatable bonds is 2. The van der Waals surface area contributed by atoms with Gasteiger partial charge in [0.2, 0.25) is 0 Å². The molecular formula is C12H21N3. The lowest BCUT2D eigenvalue weighted by Gasteiger charge is -2.32. The van der Waals surface area contributed by atoms with E-state index in [0.717, 1.165) is 25.1 Å². The predicted octanol–water partition coefficient (Wildman–Crippen LogP) is 1.19. The summed E-state index contributed by atoms with van der Waals surface area (Å²) in [6, 6.07) is 0.628. The molecule has 3 N–H and O–H groups in total. The van der Waals surface area contributed by atoms with Crippen LogP contribution in [0.15, 0.2) is 23.5 Å². The fourth-order valence-corrected chi connectivity index (χ4v) is 2.32. The first kappa shape index (κ1) is 10.6. The SMILES string of the molecule is CN1CCCC(NC2=CC=C(N)CC2)C1. The molecule has 1 saturated heterocycles. The van der Waals surface area contributed by atoms with Crippen LogP contribution in [0.4, 0.5) is 0 Å². The van der Waals surface area contributed by atoms with Crippen LogP contribution in [0.1, 0.15) is 25.7 Å². The second-order valence-corrected chi connectivity index (χ2v) is 4.68. The minimum atomic E-state index is 0.628. The first-order valence-corrected chi connectivity index (χ1v) is 5.84. The zero-order valence-electron chi connectivity index (χ0n) is 9.50. The number of hydrogen-bond acceptors (Lipinski definition) is 3. The van der Waals surface area contributed by atoms with Crippen molar-refractivity contribution in [1.29, 1.82) is 0 Å². The van der Waals surface area contributed by atoms with Crippen molar-refractivity contribution in [2.24, 2.45) is 5.73 Å². The molecule has 1 aliphatic carbocycles. The molecule has 84 valence electrons.